The molecule has 0 bridgehead atoms. The van der Waals surface area contributed by atoms with E-state index in [2.05, 4.69) is 15.5 Å². The van der Waals surface area contributed by atoms with Gasteiger partial charge in [-0.3, -0.25) is 4.57 Å². The van der Waals surface area contributed by atoms with Crippen molar-refractivity contribution < 1.29 is 9.18 Å². The van der Waals surface area contributed by atoms with Crippen LogP contribution in [0.15, 0.2) is 42.5 Å². The van der Waals surface area contributed by atoms with Gasteiger partial charge in [0.1, 0.15) is 5.82 Å². The van der Waals surface area contributed by atoms with Crippen molar-refractivity contribution in [3.63, 3.8) is 0 Å². The van der Waals surface area contributed by atoms with Gasteiger partial charge in [-0.1, -0.05) is 35.3 Å². The number of anilines is 1. The van der Waals surface area contributed by atoms with Gasteiger partial charge in [-0.05, 0) is 60.3 Å². The lowest BCUT2D eigenvalue weighted by Crippen LogP contribution is -2.35. The Kier molecular flexibility index (Phi) is 6.13. The predicted octanol–water partition coefficient (Wildman–Crippen LogP) is 5.79. The number of urea groups is 1. The first-order valence-corrected chi connectivity index (χ1v) is 10.4. The number of amides is 2. The van der Waals surface area contributed by atoms with E-state index in [1.165, 1.54) is 12.1 Å². The Morgan fingerprint density at radius 3 is 2.57 bits per heavy atom. The number of nitrogens with one attached hydrogen (secondary N) is 1. The Hall–Kier alpha value is -2.35. The fourth-order valence-corrected chi connectivity index (χ4v) is 3.99. The zero-order valence-corrected chi connectivity index (χ0v) is 17.9. The standard InChI is InChI=1S/C20H17Cl3FN5O/c21-13-5-3-12(4-6-13)11-29-18(26-27-19(29)23)17-2-1-9-28(17)20(30)25-16-8-7-14(22)10-15(16)24/h3-8,10,17H,1-2,9,11H2,(H,25,30)/t17-/m1/s1. The summed E-state index contributed by atoms with van der Waals surface area (Å²) in [6, 6.07) is 10.7. The summed E-state index contributed by atoms with van der Waals surface area (Å²) >= 11 is 18.0. The summed E-state index contributed by atoms with van der Waals surface area (Å²) in [7, 11) is 0. The van der Waals surface area contributed by atoms with Crippen molar-refractivity contribution in [3.8, 4) is 0 Å². The molecule has 156 valence electrons. The van der Waals surface area contributed by atoms with E-state index in [9.17, 15) is 9.18 Å². The highest BCUT2D eigenvalue weighted by Crippen LogP contribution is 2.33. The summed E-state index contributed by atoms with van der Waals surface area (Å²) in [4.78, 5) is 14.5. The van der Waals surface area contributed by atoms with E-state index in [0.29, 0.717) is 30.4 Å². The van der Waals surface area contributed by atoms with Gasteiger partial charge in [0.2, 0.25) is 5.28 Å². The smallest absolute Gasteiger partial charge is 0.314 e. The molecule has 10 heteroatoms. The predicted molar refractivity (Wildman–Crippen MR) is 115 cm³/mol. The van der Waals surface area contributed by atoms with Crippen LogP contribution >= 0.6 is 34.8 Å². The van der Waals surface area contributed by atoms with Crippen LogP contribution in [0, 0.1) is 5.82 Å². The average Bonchev–Trinajstić information content (AvgIpc) is 3.33. The maximum absolute atomic E-state index is 14.1. The maximum atomic E-state index is 14.1. The summed E-state index contributed by atoms with van der Waals surface area (Å²) in [5, 5.41) is 12.0. The Bertz CT molecular complexity index is 1070. The largest absolute Gasteiger partial charge is 0.322 e. The van der Waals surface area contributed by atoms with Gasteiger partial charge in [0.25, 0.3) is 0 Å². The van der Waals surface area contributed by atoms with Crippen molar-refractivity contribution in [2.45, 2.75) is 25.4 Å². The number of hydrogen-bond donors (Lipinski definition) is 1. The van der Waals surface area contributed by atoms with Gasteiger partial charge in [0.05, 0.1) is 18.3 Å². The quantitative estimate of drug-likeness (QED) is 0.527. The number of likely N-dealkylation sites (tertiary alicyclic amines) is 1. The summed E-state index contributed by atoms with van der Waals surface area (Å²) in [5.41, 5.74) is 1.04. The van der Waals surface area contributed by atoms with E-state index >= 15 is 0 Å². The molecule has 0 saturated carbocycles. The molecule has 3 aromatic rings. The van der Waals surface area contributed by atoms with Gasteiger partial charge in [0, 0.05) is 16.6 Å². The minimum atomic E-state index is -0.597. The molecule has 0 radical (unpaired) electrons. The zero-order chi connectivity index (χ0) is 21.3. The number of carbonyl (C=O) groups is 1. The van der Waals surface area contributed by atoms with Crippen molar-refractivity contribution in [3.05, 3.63) is 75.0 Å². The summed E-state index contributed by atoms with van der Waals surface area (Å²) < 4.78 is 15.9. The summed E-state index contributed by atoms with van der Waals surface area (Å²) in [6.07, 6.45) is 1.48. The zero-order valence-electron chi connectivity index (χ0n) is 15.7. The molecule has 0 aliphatic carbocycles. The molecule has 1 fully saturated rings. The van der Waals surface area contributed by atoms with Crippen LogP contribution in [0.5, 0.6) is 0 Å². The van der Waals surface area contributed by atoms with Gasteiger partial charge in [-0.25, -0.2) is 9.18 Å². The fraction of sp³-hybridized carbons (Fsp3) is 0.250. The second-order valence-corrected chi connectivity index (χ2v) is 8.16. The average molecular weight is 469 g/mol. The molecule has 30 heavy (non-hydrogen) atoms. The van der Waals surface area contributed by atoms with Crippen LogP contribution in [0.3, 0.4) is 0 Å². The van der Waals surface area contributed by atoms with Crippen LogP contribution in [0.4, 0.5) is 14.9 Å². The lowest BCUT2D eigenvalue weighted by atomic mass is 10.2. The summed E-state index contributed by atoms with van der Waals surface area (Å²) in [5.74, 6) is -0.0141. The van der Waals surface area contributed by atoms with Gasteiger partial charge in [-0.15, -0.1) is 10.2 Å². The highest BCUT2D eigenvalue weighted by molar-refractivity contribution is 6.31. The molecule has 1 aliphatic heterocycles. The minimum absolute atomic E-state index is 0.0655. The first-order valence-electron chi connectivity index (χ1n) is 9.28. The molecule has 0 unspecified atom stereocenters. The Morgan fingerprint density at radius 2 is 1.83 bits per heavy atom. The third-order valence-electron chi connectivity index (χ3n) is 4.97. The molecule has 1 N–H and O–H groups in total. The molecule has 4 rings (SSSR count). The van der Waals surface area contributed by atoms with Crippen LogP contribution < -0.4 is 5.32 Å². The van der Waals surface area contributed by atoms with E-state index in [4.69, 9.17) is 34.8 Å². The van der Waals surface area contributed by atoms with Crippen molar-refractivity contribution >= 4 is 46.5 Å². The van der Waals surface area contributed by atoms with Gasteiger partial charge in [-0.2, -0.15) is 0 Å². The maximum Gasteiger partial charge on any atom is 0.322 e. The second kappa shape index (κ2) is 8.79. The van der Waals surface area contributed by atoms with Crippen LogP contribution in [-0.2, 0) is 6.54 Å². The minimum Gasteiger partial charge on any atom is -0.314 e. The lowest BCUT2D eigenvalue weighted by molar-refractivity contribution is 0.203. The molecule has 1 atom stereocenters. The number of hydrogen-bond acceptors (Lipinski definition) is 3. The molecular weight excluding hydrogens is 452 g/mol. The lowest BCUT2D eigenvalue weighted by Gasteiger charge is -2.25. The number of carbonyl (C=O) groups excluding carboxylic acids is 1. The van der Waals surface area contributed by atoms with Crippen LogP contribution in [0.2, 0.25) is 15.3 Å². The van der Waals surface area contributed by atoms with E-state index in [-0.39, 0.29) is 22.0 Å². The fourth-order valence-electron chi connectivity index (χ4n) is 3.52. The number of benzene rings is 2. The molecule has 0 spiro atoms. The van der Waals surface area contributed by atoms with E-state index in [1.807, 2.05) is 12.1 Å². The molecule has 2 heterocycles. The molecule has 6 nitrogen and oxygen atoms in total. The third-order valence-corrected chi connectivity index (χ3v) is 5.74. The number of nitrogens with zero attached hydrogens (tertiary/aromatic N) is 4. The Morgan fingerprint density at radius 1 is 1.10 bits per heavy atom. The van der Waals surface area contributed by atoms with Gasteiger partial charge in [0.15, 0.2) is 5.82 Å². The SMILES string of the molecule is O=C(Nc1ccc(Cl)cc1F)N1CCC[C@@H]1c1nnc(Cl)n1Cc1ccc(Cl)cc1. The molecular formula is C20H17Cl3FN5O. The Labute approximate surface area is 187 Å². The van der Waals surface area contributed by atoms with Crippen molar-refractivity contribution in [2.75, 3.05) is 11.9 Å². The van der Waals surface area contributed by atoms with E-state index in [1.54, 1.807) is 21.6 Å². The molecule has 2 aromatic carbocycles. The highest BCUT2D eigenvalue weighted by atomic mass is 35.5. The number of aromatic nitrogens is 3. The normalized spacial score (nSPS) is 16.1. The first kappa shape index (κ1) is 20.9. The van der Waals surface area contributed by atoms with Crippen molar-refractivity contribution in [2.24, 2.45) is 0 Å². The molecule has 2 amide bonds. The molecule has 1 aliphatic rings. The number of halogens is 4. The van der Waals surface area contributed by atoms with Crippen LogP contribution in [0.1, 0.15) is 30.3 Å². The van der Waals surface area contributed by atoms with Crippen LogP contribution in [-0.4, -0.2) is 32.2 Å². The monoisotopic (exact) mass is 467 g/mol. The van der Waals surface area contributed by atoms with Crippen molar-refractivity contribution in [1.29, 1.82) is 0 Å². The molecule has 1 aromatic heterocycles. The van der Waals surface area contributed by atoms with Crippen LogP contribution in [0.25, 0.3) is 0 Å². The number of rotatable bonds is 4. The Balaban J connectivity index is 1.56. The van der Waals surface area contributed by atoms with Crippen molar-refractivity contribution in [1.82, 2.24) is 19.7 Å². The van der Waals surface area contributed by atoms with Gasteiger partial charge >= 0.3 is 6.03 Å². The second-order valence-electron chi connectivity index (χ2n) is 6.95. The van der Waals surface area contributed by atoms with E-state index in [0.717, 1.165) is 18.1 Å². The first-order chi connectivity index (χ1) is 14.4. The topological polar surface area (TPSA) is 63.1 Å². The van der Waals surface area contributed by atoms with Gasteiger partial charge < -0.3 is 10.2 Å². The summed E-state index contributed by atoms with van der Waals surface area (Å²) in [6.45, 7) is 0.952. The van der Waals surface area contributed by atoms with E-state index < -0.39 is 11.8 Å². The third kappa shape index (κ3) is 4.38. The highest BCUT2D eigenvalue weighted by Gasteiger charge is 2.34. The molecule has 1 saturated heterocycles.